The Bertz CT molecular complexity index is 225. The van der Waals surface area contributed by atoms with Crippen molar-refractivity contribution >= 4 is 17.9 Å². The van der Waals surface area contributed by atoms with Crippen molar-refractivity contribution in [3.8, 4) is 0 Å². The molecule has 0 spiro atoms. The molecule has 0 saturated carbocycles. The molecule has 3 amide bonds. The summed E-state index contributed by atoms with van der Waals surface area (Å²) in [4.78, 5) is 31.0. The summed E-state index contributed by atoms with van der Waals surface area (Å²) >= 11 is 0. The number of rotatable bonds is 2. The molecule has 1 aliphatic rings. The van der Waals surface area contributed by atoms with Gasteiger partial charge in [0.15, 0.2) is 0 Å². The first-order valence-corrected chi connectivity index (χ1v) is 2.91. The first kappa shape index (κ1) is 7.52. The van der Waals surface area contributed by atoms with Crippen molar-refractivity contribution in [3.05, 3.63) is 0 Å². The van der Waals surface area contributed by atoms with Crippen molar-refractivity contribution in [2.75, 3.05) is 0 Å². The fraction of sp³-hybridized carbons (Fsp3) is 0.400. The Morgan fingerprint density at radius 3 is 2.55 bits per heavy atom. The zero-order valence-electron chi connectivity index (χ0n) is 5.42. The fourth-order valence-electron chi connectivity index (χ4n) is 0.769. The summed E-state index contributed by atoms with van der Waals surface area (Å²) in [5, 5.41) is 14.0. The molecule has 0 aromatic carbocycles. The van der Waals surface area contributed by atoms with Crippen molar-refractivity contribution in [2.45, 2.75) is 12.5 Å². The molecule has 0 radical (unpaired) electrons. The van der Waals surface area contributed by atoms with Crippen LogP contribution in [0, 0.1) is 0 Å². The molecular weight excluding hydrogens is 152 g/mol. The molecule has 2 N–H and O–H groups in total. The van der Waals surface area contributed by atoms with E-state index >= 15 is 0 Å². The van der Waals surface area contributed by atoms with Gasteiger partial charge in [-0.1, -0.05) is 0 Å². The van der Waals surface area contributed by atoms with Crippen molar-refractivity contribution in [2.24, 2.45) is 0 Å². The molecule has 0 unspecified atom stereocenters. The number of nitrogens with one attached hydrogen (secondary N) is 2. The lowest BCUT2D eigenvalue weighted by Crippen LogP contribution is -2.36. The molecule has 0 aromatic rings. The third kappa shape index (κ3) is 1.66. The van der Waals surface area contributed by atoms with Crippen LogP contribution in [0.5, 0.6) is 0 Å². The predicted molar refractivity (Wildman–Crippen MR) is 30.1 cm³/mol. The first-order chi connectivity index (χ1) is 5.09. The van der Waals surface area contributed by atoms with Crippen LogP contribution in [0.1, 0.15) is 6.42 Å². The summed E-state index contributed by atoms with van der Waals surface area (Å²) in [6.45, 7) is 0. The number of imide groups is 1. The van der Waals surface area contributed by atoms with Crippen molar-refractivity contribution in [1.82, 2.24) is 10.6 Å². The summed E-state index contributed by atoms with van der Waals surface area (Å²) in [6, 6.07) is -1.64. The smallest absolute Gasteiger partial charge is 0.322 e. The minimum atomic E-state index is -1.37. The molecule has 0 aromatic heterocycles. The van der Waals surface area contributed by atoms with Gasteiger partial charge in [-0.15, -0.1) is 0 Å². The van der Waals surface area contributed by atoms with Gasteiger partial charge in [0.05, 0.1) is 0 Å². The molecule has 0 aliphatic carbocycles. The zero-order valence-corrected chi connectivity index (χ0v) is 5.42. The van der Waals surface area contributed by atoms with Gasteiger partial charge in [0.25, 0.3) is 5.91 Å². The Morgan fingerprint density at radius 1 is 1.55 bits per heavy atom. The van der Waals surface area contributed by atoms with E-state index in [1.165, 1.54) is 0 Å². The van der Waals surface area contributed by atoms with Crippen molar-refractivity contribution in [3.63, 3.8) is 0 Å². The topological polar surface area (TPSA) is 98.3 Å². The second-order valence-corrected chi connectivity index (χ2v) is 2.09. The van der Waals surface area contributed by atoms with E-state index in [2.05, 4.69) is 5.32 Å². The van der Waals surface area contributed by atoms with Crippen molar-refractivity contribution in [1.29, 1.82) is 0 Å². The van der Waals surface area contributed by atoms with Gasteiger partial charge in [-0.3, -0.25) is 10.1 Å². The maximum Gasteiger partial charge on any atom is 0.322 e. The van der Waals surface area contributed by atoms with Gasteiger partial charge in [0.1, 0.15) is 6.04 Å². The van der Waals surface area contributed by atoms with Gasteiger partial charge in [-0.2, -0.15) is 0 Å². The third-order valence-electron chi connectivity index (χ3n) is 1.23. The van der Waals surface area contributed by atoms with Crippen LogP contribution in [0.4, 0.5) is 4.79 Å². The molecule has 1 fully saturated rings. The molecule has 1 atom stereocenters. The highest BCUT2D eigenvalue weighted by Crippen LogP contribution is 1.96. The molecule has 0 bridgehead atoms. The maximum atomic E-state index is 10.6. The highest BCUT2D eigenvalue weighted by atomic mass is 16.4. The van der Waals surface area contributed by atoms with Gasteiger partial charge >= 0.3 is 6.03 Å². The van der Waals surface area contributed by atoms with E-state index in [1.807, 2.05) is 5.32 Å². The van der Waals surface area contributed by atoms with Crippen molar-refractivity contribution < 1.29 is 19.5 Å². The number of carbonyl (C=O) groups is 3. The maximum absolute atomic E-state index is 10.6. The molecule has 1 saturated heterocycles. The Morgan fingerprint density at radius 2 is 2.18 bits per heavy atom. The molecule has 1 heterocycles. The molecule has 11 heavy (non-hydrogen) atoms. The minimum absolute atomic E-state index is 0.489. The van der Waals surface area contributed by atoms with Gasteiger partial charge in [-0.05, 0) is 0 Å². The lowest BCUT2D eigenvalue weighted by Gasteiger charge is -2.05. The molecule has 60 valence electrons. The van der Waals surface area contributed by atoms with E-state index in [4.69, 9.17) is 0 Å². The van der Waals surface area contributed by atoms with Gasteiger partial charge in [0, 0.05) is 12.4 Å². The number of carboxylic acid groups (broad SMARTS) is 1. The number of amides is 3. The number of aliphatic carboxylic acids is 1. The summed E-state index contributed by atoms with van der Waals surface area (Å²) in [6.07, 6.45) is -0.489. The van der Waals surface area contributed by atoms with E-state index in [0.717, 1.165) is 0 Å². The van der Waals surface area contributed by atoms with E-state index in [1.54, 1.807) is 0 Å². The normalized spacial score (nSPS) is 22.7. The Kier molecular flexibility index (Phi) is 1.75. The highest BCUT2D eigenvalue weighted by molar-refractivity contribution is 6.05. The first-order valence-electron chi connectivity index (χ1n) is 2.91. The Hall–Kier alpha value is -1.59. The molecular formula is C5H5N2O4-. The predicted octanol–water partition coefficient (Wildman–Crippen LogP) is -2.67. The van der Waals surface area contributed by atoms with Gasteiger partial charge < -0.3 is 15.2 Å². The minimum Gasteiger partial charge on any atom is -0.550 e. The van der Waals surface area contributed by atoms with E-state index < -0.39 is 30.4 Å². The van der Waals surface area contributed by atoms with E-state index in [0.29, 0.717) is 0 Å². The van der Waals surface area contributed by atoms with Crippen LogP contribution in [0.3, 0.4) is 0 Å². The number of carboxylic acids is 1. The quantitative estimate of drug-likeness (QED) is 0.427. The summed E-state index contributed by atoms with van der Waals surface area (Å²) in [7, 11) is 0. The van der Waals surface area contributed by atoms with Crippen LogP contribution < -0.4 is 15.7 Å². The van der Waals surface area contributed by atoms with Crippen LogP contribution in [0.25, 0.3) is 0 Å². The highest BCUT2D eigenvalue weighted by Gasteiger charge is 2.28. The van der Waals surface area contributed by atoms with Crippen LogP contribution >= 0.6 is 0 Å². The van der Waals surface area contributed by atoms with Gasteiger partial charge in [-0.25, -0.2) is 4.79 Å². The standard InChI is InChI=1S/C5H6N2O4/c8-3(9)1-2-4(10)7-5(11)6-2/h2H,1H2,(H,8,9)(H2,6,7,10,11)/p-1/t2-/m1/s1. The van der Waals surface area contributed by atoms with Gasteiger partial charge in [0.2, 0.25) is 0 Å². The van der Waals surface area contributed by atoms with E-state index in [-0.39, 0.29) is 0 Å². The lowest BCUT2D eigenvalue weighted by molar-refractivity contribution is -0.306. The monoisotopic (exact) mass is 157 g/mol. The van der Waals surface area contributed by atoms with Crippen LogP contribution in [-0.2, 0) is 9.59 Å². The molecule has 6 heteroatoms. The Balaban J connectivity index is 2.53. The number of hydrogen-bond acceptors (Lipinski definition) is 4. The largest absolute Gasteiger partial charge is 0.550 e. The second-order valence-electron chi connectivity index (χ2n) is 2.09. The third-order valence-corrected chi connectivity index (χ3v) is 1.23. The molecule has 6 nitrogen and oxygen atoms in total. The molecule has 1 rings (SSSR count). The number of urea groups is 1. The van der Waals surface area contributed by atoms with Crippen LogP contribution in [-0.4, -0.2) is 23.9 Å². The SMILES string of the molecule is O=C([O-])C[C@H]1NC(=O)NC1=O. The zero-order chi connectivity index (χ0) is 8.43. The van der Waals surface area contributed by atoms with E-state index in [9.17, 15) is 19.5 Å². The van der Waals surface area contributed by atoms with Crippen LogP contribution in [0.15, 0.2) is 0 Å². The summed E-state index contributed by atoms with van der Waals surface area (Å²) in [5.41, 5.74) is 0. The number of hydrogen-bond donors (Lipinski definition) is 2. The summed E-state index contributed by atoms with van der Waals surface area (Å²) < 4.78 is 0. The summed E-state index contributed by atoms with van der Waals surface area (Å²) in [5.74, 6) is -1.99. The molecule has 1 aliphatic heterocycles. The second kappa shape index (κ2) is 2.57. The average Bonchev–Trinajstić information content (AvgIpc) is 2.09. The lowest BCUT2D eigenvalue weighted by atomic mass is 10.2. The number of carbonyl (C=O) groups excluding carboxylic acids is 3. The average molecular weight is 157 g/mol. The Labute approximate surface area is 61.6 Å². The van der Waals surface area contributed by atoms with Crippen LogP contribution in [0.2, 0.25) is 0 Å². The fourth-order valence-corrected chi connectivity index (χ4v) is 0.769.